The lowest BCUT2D eigenvalue weighted by molar-refractivity contribution is 0.446. The second-order valence-corrected chi connectivity index (χ2v) is 5.53. The fourth-order valence-corrected chi connectivity index (χ4v) is 2.65. The van der Waals surface area contributed by atoms with Crippen LogP contribution in [0.2, 0.25) is 0 Å². The summed E-state index contributed by atoms with van der Waals surface area (Å²) < 4.78 is 0. The molecule has 1 aliphatic rings. The number of aliphatic imine (C=N–C) groups is 1. The Kier molecular flexibility index (Phi) is 9.14. The Morgan fingerprint density at radius 2 is 2.14 bits per heavy atom. The van der Waals surface area contributed by atoms with Gasteiger partial charge in [0, 0.05) is 31.8 Å². The van der Waals surface area contributed by atoms with Crippen LogP contribution in [0.1, 0.15) is 20.3 Å². The van der Waals surface area contributed by atoms with Crippen LogP contribution >= 0.6 is 11.8 Å². The van der Waals surface area contributed by atoms with Gasteiger partial charge in [-0.15, -0.1) is 11.8 Å². The van der Waals surface area contributed by atoms with Crippen LogP contribution in [0.15, 0.2) is 39.9 Å². The first-order valence-corrected chi connectivity index (χ1v) is 8.81. The molecule has 0 aromatic rings. The van der Waals surface area contributed by atoms with Gasteiger partial charge >= 0.3 is 0 Å². The quantitative estimate of drug-likeness (QED) is 0.465. The number of amidine groups is 1. The third kappa shape index (κ3) is 6.08. The summed E-state index contributed by atoms with van der Waals surface area (Å²) in [6.07, 6.45) is 9.38. The topological polar surface area (TPSA) is 53.6 Å². The molecule has 1 saturated heterocycles. The van der Waals surface area contributed by atoms with Crippen LogP contribution in [-0.4, -0.2) is 49.7 Å². The van der Waals surface area contributed by atoms with E-state index in [1.807, 2.05) is 19.9 Å². The van der Waals surface area contributed by atoms with Crippen LogP contribution in [0.4, 0.5) is 0 Å². The molecule has 1 rings (SSSR count). The second kappa shape index (κ2) is 10.7. The summed E-state index contributed by atoms with van der Waals surface area (Å²) in [5.74, 6) is 1.03. The molecule has 0 spiro atoms. The van der Waals surface area contributed by atoms with Crippen LogP contribution in [0.25, 0.3) is 0 Å². The predicted molar refractivity (Wildman–Crippen MR) is 95.7 cm³/mol. The first kappa shape index (κ1) is 18.0. The lowest BCUT2D eigenvalue weighted by Crippen LogP contribution is -2.35. The van der Waals surface area contributed by atoms with Gasteiger partial charge in [-0.3, -0.25) is 0 Å². The molecule has 4 nitrogen and oxygen atoms in total. The molecule has 0 unspecified atom stereocenters. The van der Waals surface area contributed by atoms with Gasteiger partial charge in [0.05, 0.1) is 5.70 Å². The van der Waals surface area contributed by atoms with Crippen LogP contribution in [-0.2, 0) is 0 Å². The Morgan fingerprint density at radius 3 is 2.76 bits per heavy atom. The second-order valence-electron chi connectivity index (χ2n) is 4.82. The van der Waals surface area contributed by atoms with E-state index < -0.39 is 0 Å². The van der Waals surface area contributed by atoms with Crippen molar-refractivity contribution in [3.63, 3.8) is 0 Å². The number of allylic oxidation sites excluding steroid dienone is 2. The Morgan fingerprint density at radius 1 is 1.33 bits per heavy atom. The predicted octanol–water partition coefficient (Wildman–Crippen LogP) is 2.37. The standard InChI is InChI=1S/C16H28N4S/c1-4-7-14(13-21-3)16(19-15(5-2)12-17)20-10-6-8-18-9-11-20/h4-5,7,13,18H,6,8-12,17H2,1-3H3/b7-4+,14-13+,15-5+,19-16-. The molecule has 21 heavy (non-hydrogen) atoms. The number of thioether (sulfide) groups is 1. The van der Waals surface area contributed by atoms with Crippen LogP contribution in [0.3, 0.4) is 0 Å². The Bertz CT molecular complexity index is 416. The summed E-state index contributed by atoms with van der Waals surface area (Å²) in [6.45, 7) is 8.56. The van der Waals surface area contributed by atoms with Gasteiger partial charge in [0.2, 0.25) is 0 Å². The van der Waals surface area contributed by atoms with E-state index in [-0.39, 0.29) is 0 Å². The fourth-order valence-electron chi connectivity index (χ4n) is 2.21. The largest absolute Gasteiger partial charge is 0.355 e. The zero-order valence-electron chi connectivity index (χ0n) is 13.4. The van der Waals surface area contributed by atoms with E-state index in [9.17, 15) is 0 Å². The molecule has 0 aromatic carbocycles. The maximum Gasteiger partial charge on any atom is 0.136 e. The van der Waals surface area contributed by atoms with Gasteiger partial charge in [-0.1, -0.05) is 18.2 Å². The number of nitrogens with zero attached hydrogens (tertiary/aromatic N) is 2. The maximum atomic E-state index is 5.79. The number of nitrogens with two attached hydrogens (primary N) is 1. The molecule has 118 valence electrons. The molecule has 0 bridgehead atoms. The van der Waals surface area contributed by atoms with Crippen molar-refractivity contribution in [3.8, 4) is 0 Å². The summed E-state index contributed by atoms with van der Waals surface area (Å²) in [6, 6.07) is 0. The van der Waals surface area contributed by atoms with Crippen molar-refractivity contribution in [1.82, 2.24) is 10.2 Å². The Labute approximate surface area is 133 Å². The number of nitrogens with one attached hydrogen (secondary N) is 1. The lowest BCUT2D eigenvalue weighted by Gasteiger charge is -2.25. The van der Waals surface area contributed by atoms with Crippen molar-refractivity contribution in [2.24, 2.45) is 10.7 Å². The monoisotopic (exact) mass is 308 g/mol. The first-order chi connectivity index (χ1) is 10.3. The Hall–Kier alpha value is -1.04. The summed E-state index contributed by atoms with van der Waals surface area (Å²) in [5, 5.41) is 5.59. The van der Waals surface area contributed by atoms with Crippen molar-refractivity contribution in [3.05, 3.63) is 34.9 Å². The van der Waals surface area contributed by atoms with Crippen molar-refractivity contribution in [2.75, 3.05) is 39.0 Å². The lowest BCUT2D eigenvalue weighted by atomic mass is 10.2. The van der Waals surface area contributed by atoms with E-state index in [0.717, 1.165) is 49.7 Å². The highest BCUT2D eigenvalue weighted by Gasteiger charge is 2.16. The van der Waals surface area contributed by atoms with E-state index >= 15 is 0 Å². The van der Waals surface area contributed by atoms with Gasteiger partial charge in [-0.25, -0.2) is 4.99 Å². The van der Waals surface area contributed by atoms with Gasteiger partial charge in [0.1, 0.15) is 5.84 Å². The number of hydrogen-bond donors (Lipinski definition) is 2. The van der Waals surface area contributed by atoms with Gasteiger partial charge < -0.3 is 16.0 Å². The normalized spacial score (nSPS) is 19.2. The van der Waals surface area contributed by atoms with Crippen molar-refractivity contribution in [1.29, 1.82) is 0 Å². The van der Waals surface area contributed by atoms with Gasteiger partial charge in [-0.05, 0) is 38.5 Å². The average molecular weight is 308 g/mol. The van der Waals surface area contributed by atoms with Crippen LogP contribution < -0.4 is 11.1 Å². The van der Waals surface area contributed by atoms with E-state index in [1.54, 1.807) is 11.8 Å². The summed E-state index contributed by atoms with van der Waals surface area (Å²) in [4.78, 5) is 7.20. The molecule has 3 N–H and O–H groups in total. The van der Waals surface area contributed by atoms with Gasteiger partial charge in [0.25, 0.3) is 0 Å². The molecule has 0 atom stereocenters. The highest BCUT2D eigenvalue weighted by Crippen LogP contribution is 2.14. The summed E-state index contributed by atoms with van der Waals surface area (Å²) in [7, 11) is 0. The average Bonchev–Trinajstić information content (AvgIpc) is 2.78. The van der Waals surface area contributed by atoms with Crippen LogP contribution in [0, 0.1) is 0 Å². The van der Waals surface area contributed by atoms with Crippen molar-refractivity contribution < 1.29 is 0 Å². The molecule has 0 aliphatic carbocycles. The maximum absolute atomic E-state index is 5.79. The zero-order chi connectivity index (χ0) is 15.5. The molecule has 0 aromatic heterocycles. The molecule has 5 heteroatoms. The van der Waals surface area contributed by atoms with E-state index in [2.05, 4.69) is 34.0 Å². The highest BCUT2D eigenvalue weighted by molar-refractivity contribution is 8.01. The van der Waals surface area contributed by atoms with Crippen LogP contribution in [0.5, 0.6) is 0 Å². The fraction of sp³-hybridized carbons (Fsp3) is 0.562. The minimum Gasteiger partial charge on any atom is -0.355 e. The Balaban J connectivity index is 3.16. The number of rotatable bonds is 5. The highest BCUT2D eigenvalue weighted by atomic mass is 32.2. The number of hydrogen-bond acceptors (Lipinski definition) is 4. The third-order valence-electron chi connectivity index (χ3n) is 3.28. The molecule has 0 saturated carbocycles. The first-order valence-electron chi connectivity index (χ1n) is 7.52. The molecular formula is C16H28N4S. The minimum atomic E-state index is 0.467. The van der Waals surface area contributed by atoms with Crippen molar-refractivity contribution in [2.45, 2.75) is 20.3 Å². The molecule has 1 aliphatic heterocycles. The summed E-state index contributed by atoms with van der Waals surface area (Å²) in [5.41, 5.74) is 7.87. The molecular weight excluding hydrogens is 280 g/mol. The third-order valence-corrected chi connectivity index (χ3v) is 3.77. The van der Waals surface area contributed by atoms with E-state index in [4.69, 9.17) is 10.7 Å². The smallest absolute Gasteiger partial charge is 0.136 e. The molecule has 1 fully saturated rings. The molecule has 0 amide bonds. The van der Waals surface area contributed by atoms with E-state index in [1.165, 1.54) is 0 Å². The zero-order valence-corrected chi connectivity index (χ0v) is 14.2. The van der Waals surface area contributed by atoms with Crippen molar-refractivity contribution >= 4 is 17.6 Å². The van der Waals surface area contributed by atoms with Gasteiger partial charge in [0.15, 0.2) is 0 Å². The van der Waals surface area contributed by atoms with Gasteiger partial charge in [-0.2, -0.15) is 0 Å². The SMILES string of the molecule is C/C=C/C(=C\SC)C(=N/C(=C/C)CN)/N1CCCNCC1. The van der Waals surface area contributed by atoms with E-state index in [0.29, 0.717) is 6.54 Å². The molecule has 0 radical (unpaired) electrons. The summed E-state index contributed by atoms with van der Waals surface area (Å²) >= 11 is 1.70. The minimum absolute atomic E-state index is 0.467. The molecule has 1 heterocycles.